The van der Waals surface area contributed by atoms with Crippen LogP contribution in [-0.4, -0.2) is 38.4 Å². The molecule has 1 atom stereocenters. The number of amides is 3. The first-order valence-corrected chi connectivity index (χ1v) is 12.1. The van der Waals surface area contributed by atoms with Gasteiger partial charge in [-0.3, -0.25) is 14.9 Å². The number of ether oxygens (including phenoxy) is 1. The van der Waals surface area contributed by atoms with Crippen molar-refractivity contribution in [2.24, 2.45) is 4.99 Å². The van der Waals surface area contributed by atoms with Crippen molar-refractivity contribution in [1.82, 2.24) is 5.32 Å². The summed E-state index contributed by atoms with van der Waals surface area (Å²) in [7, 11) is -3.85. The first-order chi connectivity index (χ1) is 16.1. The Hall–Kier alpha value is -3.73. The number of benzene rings is 2. The van der Waals surface area contributed by atoms with E-state index >= 15 is 0 Å². The molecule has 11 heteroatoms. The highest BCUT2D eigenvalue weighted by Crippen LogP contribution is 2.29. The predicted octanol–water partition coefficient (Wildman–Crippen LogP) is 3.71. The molecule has 2 rings (SSSR count). The van der Waals surface area contributed by atoms with Gasteiger partial charge >= 0.3 is 6.09 Å². The van der Waals surface area contributed by atoms with E-state index in [-0.39, 0.29) is 39.7 Å². The third-order valence-corrected chi connectivity index (χ3v) is 6.33. The minimum Gasteiger partial charge on any atom is -0.446 e. The lowest BCUT2D eigenvalue weighted by molar-refractivity contribution is -0.117. The molecule has 10 nitrogen and oxygen atoms in total. The van der Waals surface area contributed by atoms with E-state index in [2.05, 4.69) is 20.9 Å². The molecule has 2 aromatic carbocycles. The number of carbonyl (C=O) groups excluding carboxylic acids is 3. The monoisotopic (exact) mass is 488 g/mol. The number of nitrogens with one attached hydrogen (secondary N) is 3. The number of anilines is 2. The maximum atomic E-state index is 13.0. The molecule has 0 fully saturated rings. The molecule has 0 radical (unpaired) electrons. The number of rotatable bonds is 7. The highest BCUT2D eigenvalue weighted by Gasteiger charge is 2.20. The van der Waals surface area contributed by atoms with Gasteiger partial charge in [-0.2, -0.15) is 4.99 Å². The quantitative estimate of drug-likeness (QED) is 0.398. The molecule has 0 aromatic heterocycles. The molecule has 2 aromatic rings. The Kier molecular flexibility index (Phi) is 9.31. The number of alkyl carbamates (subject to hydrolysis) is 1. The lowest BCUT2D eigenvalue weighted by Gasteiger charge is -2.17. The highest BCUT2D eigenvalue weighted by atomic mass is 32.2. The van der Waals surface area contributed by atoms with E-state index < -0.39 is 27.7 Å². The third-order valence-electron chi connectivity index (χ3n) is 4.56. The summed E-state index contributed by atoms with van der Waals surface area (Å²) in [5.74, 6) is -1.20. The van der Waals surface area contributed by atoms with Crippen molar-refractivity contribution in [3.05, 3.63) is 48.5 Å². The summed E-state index contributed by atoms with van der Waals surface area (Å²) >= 11 is 0. The standard InChI is InChI=1S/C23H28N4O6S/c1-5-15(3)33-23(30)27-22(26-21(29)6-2)25-19-13-12-18(14-20(19)24-16(4)28)34(31,32)17-10-8-7-9-11-17/h7-15H,5-6H2,1-4H3,(H,24,28)(H2,25,26,27,29,30). The maximum Gasteiger partial charge on any atom is 0.414 e. The van der Waals surface area contributed by atoms with Gasteiger partial charge in [-0.15, -0.1) is 0 Å². The van der Waals surface area contributed by atoms with Gasteiger partial charge in [0.1, 0.15) is 6.10 Å². The van der Waals surface area contributed by atoms with Crippen LogP contribution in [0.4, 0.5) is 16.2 Å². The summed E-state index contributed by atoms with van der Waals surface area (Å²) in [5, 5.41) is 7.69. The van der Waals surface area contributed by atoms with Gasteiger partial charge in [0.25, 0.3) is 0 Å². The van der Waals surface area contributed by atoms with Gasteiger partial charge in [0.15, 0.2) is 0 Å². The number of hydrogen-bond acceptors (Lipinski definition) is 6. The summed E-state index contributed by atoms with van der Waals surface area (Å²) in [6.45, 7) is 6.42. The SMILES string of the molecule is CCC(=O)N=C(NC(=O)OC(C)CC)Nc1ccc(S(=O)(=O)c2ccccc2)cc1NC(C)=O. The average Bonchev–Trinajstić information content (AvgIpc) is 2.79. The van der Waals surface area contributed by atoms with Crippen LogP contribution in [0.15, 0.2) is 63.3 Å². The third kappa shape index (κ3) is 7.41. The summed E-state index contributed by atoms with van der Waals surface area (Å²) in [6.07, 6.45) is -0.514. The summed E-state index contributed by atoms with van der Waals surface area (Å²) in [6, 6.07) is 11.9. The van der Waals surface area contributed by atoms with Crippen LogP contribution >= 0.6 is 0 Å². The van der Waals surface area contributed by atoms with E-state index in [1.807, 2.05) is 6.92 Å². The van der Waals surface area contributed by atoms with Crippen molar-refractivity contribution in [2.45, 2.75) is 56.4 Å². The van der Waals surface area contributed by atoms with Crippen molar-refractivity contribution in [1.29, 1.82) is 0 Å². The Morgan fingerprint density at radius 3 is 2.24 bits per heavy atom. The Bertz CT molecular complexity index is 1180. The predicted molar refractivity (Wildman–Crippen MR) is 128 cm³/mol. The molecule has 3 amide bonds. The number of aliphatic imine (C=N–C) groups is 1. The molecule has 0 saturated carbocycles. The maximum absolute atomic E-state index is 13.0. The van der Waals surface area contributed by atoms with Gasteiger partial charge in [-0.1, -0.05) is 32.0 Å². The second-order valence-electron chi connectivity index (χ2n) is 7.29. The van der Waals surface area contributed by atoms with Crippen molar-refractivity contribution < 1.29 is 27.5 Å². The van der Waals surface area contributed by atoms with Crippen LogP contribution < -0.4 is 16.0 Å². The molecule has 0 aliphatic rings. The molecule has 0 heterocycles. The fourth-order valence-electron chi connectivity index (χ4n) is 2.64. The summed E-state index contributed by atoms with van der Waals surface area (Å²) in [5.41, 5.74) is 0.312. The van der Waals surface area contributed by atoms with Crippen molar-refractivity contribution >= 4 is 45.1 Å². The van der Waals surface area contributed by atoms with Crippen molar-refractivity contribution in [3.8, 4) is 0 Å². The normalized spacial score (nSPS) is 12.4. The Morgan fingerprint density at radius 2 is 1.65 bits per heavy atom. The molecule has 3 N–H and O–H groups in total. The fourth-order valence-corrected chi connectivity index (χ4v) is 3.95. The second kappa shape index (κ2) is 11.9. The van der Waals surface area contributed by atoms with E-state index in [1.165, 1.54) is 37.3 Å². The Morgan fingerprint density at radius 1 is 0.971 bits per heavy atom. The lowest BCUT2D eigenvalue weighted by Crippen LogP contribution is -2.38. The number of sulfone groups is 1. The van der Waals surface area contributed by atoms with Crippen LogP contribution in [0.1, 0.15) is 40.5 Å². The molecule has 0 aliphatic heterocycles. The van der Waals surface area contributed by atoms with Gasteiger partial charge in [-0.25, -0.2) is 13.2 Å². The Labute approximate surface area is 198 Å². The minimum atomic E-state index is -3.85. The molecule has 0 saturated heterocycles. The fraction of sp³-hybridized carbons (Fsp3) is 0.304. The van der Waals surface area contributed by atoms with Gasteiger partial charge in [0.05, 0.1) is 21.2 Å². The molecular formula is C23H28N4O6S. The zero-order valence-corrected chi connectivity index (χ0v) is 20.2. The molecule has 34 heavy (non-hydrogen) atoms. The summed E-state index contributed by atoms with van der Waals surface area (Å²) < 4.78 is 31.1. The molecule has 0 aliphatic carbocycles. The zero-order chi connectivity index (χ0) is 25.3. The molecule has 0 bridgehead atoms. The van der Waals surface area contributed by atoms with Crippen LogP contribution in [-0.2, 0) is 24.2 Å². The molecule has 1 unspecified atom stereocenters. The van der Waals surface area contributed by atoms with Crippen molar-refractivity contribution in [3.63, 3.8) is 0 Å². The first kappa shape index (κ1) is 26.5. The number of nitrogens with zero attached hydrogens (tertiary/aromatic N) is 1. The van der Waals surface area contributed by atoms with Crippen LogP contribution in [0, 0.1) is 0 Å². The van der Waals surface area contributed by atoms with Gasteiger partial charge in [-0.05, 0) is 43.7 Å². The smallest absolute Gasteiger partial charge is 0.414 e. The van der Waals surface area contributed by atoms with Crippen LogP contribution in [0.3, 0.4) is 0 Å². The molecule has 0 spiro atoms. The van der Waals surface area contributed by atoms with E-state index in [1.54, 1.807) is 32.0 Å². The zero-order valence-electron chi connectivity index (χ0n) is 19.4. The van der Waals surface area contributed by atoms with Crippen molar-refractivity contribution in [2.75, 3.05) is 10.6 Å². The summed E-state index contributed by atoms with van der Waals surface area (Å²) in [4.78, 5) is 39.7. The second-order valence-corrected chi connectivity index (χ2v) is 9.24. The van der Waals surface area contributed by atoms with E-state index in [4.69, 9.17) is 4.74 Å². The lowest BCUT2D eigenvalue weighted by atomic mass is 10.2. The van der Waals surface area contributed by atoms with Gasteiger partial charge in [0, 0.05) is 13.3 Å². The number of carbonyl (C=O) groups is 3. The van der Waals surface area contributed by atoms with Crippen LogP contribution in [0.2, 0.25) is 0 Å². The van der Waals surface area contributed by atoms with Gasteiger partial charge < -0.3 is 15.4 Å². The number of guanidine groups is 1. The van der Waals surface area contributed by atoms with Crippen LogP contribution in [0.5, 0.6) is 0 Å². The highest BCUT2D eigenvalue weighted by molar-refractivity contribution is 7.91. The van der Waals surface area contributed by atoms with Gasteiger partial charge in [0.2, 0.25) is 27.6 Å². The molecule has 182 valence electrons. The number of hydrogen-bond donors (Lipinski definition) is 3. The average molecular weight is 489 g/mol. The largest absolute Gasteiger partial charge is 0.446 e. The minimum absolute atomic E-state index is 0.0553. The first-order valence-electron chi connectivity index (χ1n) is 10.6. The Balaban J connectivity index is 2.44. The van der Waals surface area contributed by atoms with E-state index in [0.717, 1.165) is 0 Å². The molecular weight excluding hydrogens is 460 g/mol. The van der Waals surface area contributed by atoms with E-state index in [0.29, 0.717) is 6.42 Å². The van der Waals surface area contributed by atoms with E-state index in [9.17, 15) is 22.8 Å². The van der Waals surface area contributed by atoms with Crippen LogP contribution in [0.25, 0.3) is 0 Å². The topological polar surface area (TPSA) is 143 Å².